The summed E-state index contributed by atoms with van der Waals surface area (Å²) in [4.78, 5) is 10.8. The minimum atomic E-state index is -0.585. The van der Waals surface area contributed by atoms with Gasteiger partial charge in [0.25, 0.3) is 5.24 Å². The van der Waals surface area contributed by atoms with Crippen LogP contribution in [0.2, 0.25) is 0 Å². The average Bonchev–Trinajstić information content (AvgIpc) is 2.68. The van der Waals surface area contributed by atoms with Gasteiger partial charge in [-0.1, -0.05) is 28.1 Å². The smallest absolute Gasteiger partial charge is 0.287 e. The van der Waals surface area contributed by atoms with Gasteiger partial charge in [0.1, 0.15) is 5.76 Å². The minimum absolute atomic E-state index is 0.162. The maximum atomic E-state index is 10.8. The molecule has 0 saturated heterocycles. The Morgan fingerprint density at radius 3 is 2.33 bits per heavy atom. The van der Waals surface area contributed by atoms with E-state index in [1.807, 2.05) is 24.3 Å². The van der Waals surface area contributed by atoms with Gasteiger partial charge < -0.3 is 4.42 Å². The van der Waals surface area contributed by atoms with Gasteiger partial charge in [-0.05, 0) is 35.9 Å². The summed E-state index contributed by atoms with van der Waals surface area (Å²) in [7, 11) is 0. The summed E-state index contributed by atoms with van der Waals surface area (Å²) in [6.07, 6.45) is 0. The molecule has 0 fully saturated rings. The van der Waals surface area contributed by atoms with Gasteiger partial charge in [0.15, 0.2) is 5.76 Å². The fourth-order valence-electron chi connectivity index (χ4n) is 1.21. The molecule has 1 heterocycles. The zero-order valence-electron chi connectivity index (χ0n) is 7.54. The topological polar surface area (TPSA) is 30.2 Å². The van der Waals surface area contributed by atoms with Crippen molar-refractivity contribution in [1.29, 1.82) is 0 Å². The number of carbonyl (C=O) groups excluding carboxylic acids is 1. The molecule has 4 heteroatoms. The molecule has 0 aliphatic rings. The molecule has 0 unspecified atom stereocenters. The number of rotatable bonds is 2. The van der Waals surface area contributed by atoms with Crippen molar-refractivity contribution in [2.75, 3.05) is 0 Å². The molecule has 1 aromatic heterocycles. The third kappa shape index (κ3) is 2.30. The highest BCUT2D eigenvalue weighted by Gasteiger charge is 2.09. The number of furan rings is 1. The van der Waals surface area contributed by atoms with Crippen molar-refractivity contribution in [2.45, 2.75) is 0 Å². The van der Waals surface area contributed by atoms with Crippen molar-refractivity contribution in [2.24, 2.45) is 0 Å². The van der Waals surface area contributed by atoms with Crippen LogP contribution in [0.5, 0.6) is 0 Å². The van der Waals surface area contributed by atoms with Crippen LogP contribution in [0.15, 0.2) is 45.3 Å². The van der Waals surface area contributed by atoms with Crippen molar-refractivity contribution in [3.8, 4) is 11.3 Å². The molecule has 0 aliphatic heterocycles. The maximum absolute atomic E-state index is 10.8. The Hall–Kier alpha value is -1.06. The largest absolute Gasteiger partial charge is 0.452 e. The van der Waals surface area contributed by atoms with Crippen LogP contribution < -0.4 is 0 Å². The molecule has 2 aromatic rings. The lowest BCUT2D eigenvalue weighted by Gasteiger charge is -1.96. The van der Waals surface area contributed by atoms with Gasteiger partial charge in [-0.15, -0.1) is 0 Å². The Morgan fingerprint density at radius 2 is 1.80 bits per heavy atom. The molecular formula is C11H6BrClO2. The first-order valence-corrected chi connectivity index (χ1v) is 5.39. The lowest BCUT2D eigenvalue weighted by Crippen LogP contribution is -1.81. The third-order valence-electron chi connectivity index (χ3n) is 1.93. The summed E-state index contributed by atoms with van der Waals surface area (Å²) in [5.41, 5.74) is 0.905. The molecule has 0 atom stereocenters. The average molecular weight is 286 g/mol. The van der Waals surface area contributed by atoms with E-state index < -0.39 is 5.24 Å². The van der Waals surface area contributed by atoms with Gasteiger partial charge in [0.2, 0.25) is 0 Å². The van der Waals surface area contributed by atoms with Crippen molar-refractivity contribution < 1.29 is 9.21 Å². The first-order chi connectivity index (χ1) is 7.16. The molecule has 15 heavy (non-hydrogen) atoms. The SMILES string of the molecule is O=C(Cl)c1ccc(-c2ccc(Br)cc2)o1. The van der Waals surface area contributed by atoms with Gasteiger partial charge in [-0.25, -0.2) is 0 Å². The molecular weight excluding hydrogens is 279 g/mol. The van der Waals surface area contributed by atoms with Crippen molar-refractivity contribution in [1.82, 2.24) is 0 Å². The van der Waals surface area contributed by atoms with Gasteiger partial charge in [-0.3, -0.25) is 4.79 Å². The lowest BCUT2D eigenvalue weighted by molar-refractivity contribution is 0.105. The van der Waals surface area contributed by atoms with Crippen molar-refractivity contribution in [3.63, 3.8) is 0 Å². The molecule has 1 aromatic carbocycles. The van der Waals surface area contributed by atoms with E-state index in [9.17, 15) is 4.79 Å². The second-order valence-electron chi connectivity index (χ2n) is 2.94. The maximum Gasteiger partial charge on any atom is 0.287 e. The van der Waals surface area contributed by atoms with E-state index in [1.165, 1.54) is 0 Å². The number of benzene rings is 1. The Bertz CT molecular complexity index is 488. The number of halogens is 2. The van der Waals surface area contributed by atoms with Gasteiger partial charge in [0.05, 0.1) is 0 Å². The molecule has 0 aliphatic carbocycles. The van der Waals surface area contributed by atoms with E-state index in [0.717, 1.165) is 10.0 Å². The van der Waals surface area contributed by atoms with Crippen LogP contribution in [0.3, 0.4) is 0 Å². The molecule has 2 rings (SSSR count). The van der Waals surface area contributed by atoms with Gasteiger partial charge in [0, 0.05) is 10.0 Å². The van der Waals surface area contributed by atoms with Crippen molar-refractivity contribution in [3.05, 3.63) is 46.6 Å². The minimum Gasteiger partial charge on any atom is -0.452 e. The Kier molecular flexibility index (Phi) is 2.93. The predicted molar refractivity (Wildman–Crippen MR) is 62.0 cm³/mol. The fraction of sp³-hybridized carbons (Fsp3) is 0. The highest BCUT2D eigenvalue weighted by molar-refractivity contribution is 9.10. The van der Waals surface area contributed by atoms with Crippen LogP contribution in [0.4, 0.5) is 0 Å². The van der Waals surface area contributed by atoms with Gasteiger partial charge >= 0.3 is 0 Å². The van der Waals surface area contributed by atoms with E-state index in [0.29, 0.717) is 5.76 Å². The van der Waals surface area contributed by atoms with Crippen LogP contribution >= 0.6 is 27.5 Å². The van der Waals surface area contributed by atoms with E-state index in [1.54, 1.807) is 12.1 Å². The van der Waals surface area contributed by atoms with E-state index in [4.69, 9.17) is 16.0 Å². The van der Waals surface area contributed by atoms with Crippen LogP contribution in [-0.4, -0.2) is 5.24 Å². The molecule has 0 bridgehead atoms. The van der Waals surface area contributed by atoms with E-state index in [-0.39, 0.29) is 5.76 Å². The standard InChI is InChI=1S/C11H6BrClO2/c12-8-3-1-7(2-4-8)9-5-6-10(15-9)11(13)14/h1-6H. The number of carbonyl (C=O) groups is 1. The highest BCUT2D eigenvalue weighted by atomic mass is 79.9. The summed E-state index contributed by atoms with van der Waals surface area (Å²) in [5, 5.41) is -0.585. The second kappa shape index (κ2) is 4.21. The quantitative estimate of drug-likeness (QED) is 0.778. The van der Waals surface area contributed by atoms with Gasteiger partial charge in [-0.2, -0.15) is 0 Å². The monoisotopic (exact) mass is 284 g/mol. The number of hydrogen-bond acceptors (Lipinski definition) is 2. The summed E-state index contributed by atoms with van der Waals surface area (Å²) >= 11 is 8.63. The van der Waals surface area contributed by atoms with Crippen LogP contribution in [-0.2, 0) is 0 Å². The second-order valence-corrected chi connectivity index (χ2v) is 4.20. The molecule has 0 spiro atoms. The normalized spacial score (nSPS) is 10.3. The van der Waals surface area contributed by atoms with E-state index >= 15 is 0 Å². The summed E-state index contributed by atoms with van der Waals surface area (Å²) in [6.45, 7) is 0. The first kappa shape index (κ1) is 10.5. The molecule has 0 radical (unpaired) electrons. The molecule has 2 nitrogen and oxygen atoms in total. The molecule has 0 amide bonds. The zero-order chi connectivity index (χ0) is 10.8. The first-order valence-electron chi connectivity index (χ1n) is 4.22. The Morgan fingerprint density at radius 1 is 1.13 bits per heavy atom. The molecule has 0 N–H and O–H groups in total. The van der Waals surface area contributed by atoms with Crippen LogP contribution in [0.25, 0.3) is 11.3 Å². The third-order valence-corrected chi connectivity index (χ3v) is 2.64. The molecule has 0 saturated carbocycles. The predicted octanol–water partition coefficient (Wildman–Crippen LogP) is 4.09. The summed E-state index contributed by atoms with van der Waals surface area (Å²) in [5.74, 6) is 0.793. The fourth-order valence-corrected chi connectivity index (χ4v) is 1.58. The summed E-state index contributed by atoms with van der Waals surface area (Å²) < 4.78 is 6.27. The Balaban J connectivity index is 2.37. The Labute approximate surface area is 100.0 Å². The molecule has 76 valence electrons. The summed E-state index contributed by atoms with van der Waals surface area (Å²) in [6, 6.07) is 10.9. The lowest BCUT2D eigenvalue weighted by atomic mass is 10.2. The number of hydrogen-bond donors (Lipinski definition) is 0. The van der Waals surface area contributed by atoms with Crippen molar-refractivity contribution >= 4 is 32.8 Å². The van der Waals surface area contributed by atoms with Crippen LogP contribution in [0.1, 0.15) is 10.6 Å². The highest BCUT2D eigenvalue weighted by Crippen LogP contribution is 2.24. The van der Waals surface area contributed by atoms with E-state index in [2.05, 4.69) is 15.9 Å². The zero-order valence-corrected chi connectivity index (χ0v) is 9.88. The van der Waals surface area contributed by atoms with Crippen LogP contribution in [0, 0.1) is 0 Å².